The molecular weight excluding hydrogens is 264 g/mol. The second-order valence-electron chi connectivity index (χ2n) is 4.20. The molecule has 3 nitrogen and oxygen atoms in total. The molecule has 106 valence electrons. The Bertz CT molecular complexity index is 362. The lowest BCUT2D eigenvalue weighted by atomic mass is 10.2. The van der Waals surface area contributed by atoms with E-state index in [9.17, 15) is 4.79 Å². The van der Waals surface area contributed by atoms with Crippen LogP contribution in [0.3, 0.4) is 0 Å². The molecule has 19 heavy (non-hydrogen) atoms. The zero-order valence-electron chi connectivity index (χ0n) is 11.4. The van der Waals surface area contributed by atoms with Crippen LogP contribution in [0.1, 0.15) is 43.0 Å². The predicted octanol–water partition coefficient (Wildman–Crippen LogP) is 4.04. The number of halogens is 1. The maximum atomic E-state index is 11.4. The van der Waals surface area contributed by atoms with E-state index >= 15 is 0 Å². The molecule has 4 heteroatoms. The first-order chi connectivity index (χ1) is 9.27. The highest BCUT2D eigenvalue weighted by Crippen LogP contribution is 2.13. The summed E-state index contributed by atoms with van der Waals surface area (Å²) in [4.78, 5) is 11.4. The number of carbonyl (C=O) groups excluding carboxylic acids is 1. The van der Waals surface area contributed by atoms with E-state index in [1.807, 2.05) is 0 Å². The minimum absolute atomic E-state index is 0.296. The number of benzene rings is 1. The van der Waals surface area contributed by atoms with Crippen LogP contribution in [0.4, 0.5) is 0 Å². The Morgan fingerprint density at radius 2 is 1.79 bits per heavy atom. The molecule has 1 aromatic rings. The average molecular weight is 285 g/mol. The van der Waals surface area contributed by atoms with E-state index in [2.05, 4.69) is 0 Å². The summed E-state index contributed by atoms with van der Waals surface area (Å²) in [6.07, 6.45) is 4.37. The first-order valence-corrected chi connectivity index (χ1v) is 7.27. The Labute approximate surface area is 119 Å². The van der Waals surface area contributed by atoms with Crippen LogP contribution >= 0.6 is 11.6 Å². The SMILES string of the molecule is CCOC(=O)c1ccc(OCCCCCCCl)cc1. The second-order valence-corrected chi connectivity index (χ2v) is 4.57. The highest BCUT2D eigenvalue weighted by Gasteiger charge is 2.05. The predicted molar refractivity (Wildman–Crippen MR) is 77.1 cm³/mol. The molecule has 0 aliphatic rings. The van der Waals surface area contributed by atoms with Gasteiger partial charge >= 0.3 is 5.97 Å². The van der Waals surface area contributed by atoms with Crippen LogP contribution in [0.2, 0.25) is 0 Å². The summed E-state index contributed by atoms with van der Waals surface area (Å²) in [5, 5.41) is 0. The molecule has 0 amide bonds. The van der Waals surface area contributed by atoms with Crippen LogP contribution in [0.25, 0.3) is 0 Å². The van der Waals surface area contributed by atoms with Gasteiger partial charge in [-0.2, -0.15) is 0 Å². The van der Waals surface area contributed by atoms with Crippen LogP contribution in [-0.4, -0.2) is 25.1 Å². The van der Waals surface area contributed by atoms with Crippen LogP contribution in [0, 0.1) is 0 Å². The van der Waals surface area contributed by atoms with Crippen molar-refractivity contribution in [3.8, 4) is 5.75 Å². The van der Waals surface area contributed by atoms with Crippen molar-refractivity contribution in [2.45, 2.75) is 32.6 Å². The van der Waals surface area contributed by atoms with E-state index in [1.54, 1.807) is 31.2 Å². The van der Waals surface area contributed by atoms with E-state index < -0.39 is 0 Å². The van der Waals surface area contributed by atoms with Gasteiger partial charge in [0, 0.05) is 5.88 Å². The van der Waals surface area contributed by atoms with Gasteiger partial charge in [0.15, 0.2) is 0 Å². The van der Waals surface area contributed by atoms with Gasteiger partial charge in [0.1, 0.15) is 5.75 Å². The maximum absolute atomic E-state index is 11.4. The van der Waals surface area contributed by atoms with Gasteiger partial charge in [0.2, 0.25) is 0 Å². The van der Waals surface area contributed by atoms with Crippen molar-refractivity contribution in [3.05, 3.63) is 29.8 Å². The first-order valence-electron chi connectivity index (χ1n) is 6.74. The number of alkyl halides is 1. The number of hydrogen-bond acceptors (Lipinski definition) is 3. The van der Waals surface area contributed by atoms with Gasteiger partial charge in [-0.1, -0.05) is 12.8 Å². The number of rotatable bonds is 9. The third-order valence-corrected chi connectivity index (χ3v) is 2.93. The largest absolute Gasteiger partial charge is 0.494 e. The molecule has 0 aromatic heterocycles. The fraction of sp³-hybridized carbons (Fsp3) is 0.533. The van der Waals surface area contributed by atoms with Gasteiger partial charge in [-0.15, -0.1) is 11.6 Å². The van der Waals surface area contributed by atoms with E-state index in [4.69, 9.17) is 21.1 Å². The van der Waals surface area contributed by atoms with Crippen molar-refractivity contribution in [1.29, 1.82) is 0 Å². The number of unbranched alkanes of at least 4 members (excludes halogenated alkanes) is 3. The van der Waals surface area contributed by atoms with Crippen LogP contribution < -0.4 is 4.74 Å². The minimum Gasteiger partial charge on any atom is -0.494 e. The molecule has 0 saturated carbocycles. The van der Waals surface area contributed by atoms with Crippen molar-refractivity contribution >= 4 is 17.6 Å². The zero-order chi connectivity index (χ0) is 13.9. The number of carbonyl (C=O) groups is 1. The van der Waals surface area contributed by atoms with E-state index in [0.717, 1.165) is 37.3 Å². The Balaban J connectivity index is 2.26. The molecule has 0 heterocycles. The molecule has 0 aliphatic carbocycles. The highest BCUT2D eigenvalue weighted by molar-refractivity contribution is 6.17. The fourth-order valence-electron chi connectivity index (χ4n) is 1.64. The van der Waals surface area contributed by atoms with Crippen LogP contribution in [0.15, 0.2) is 24.3 Å². The summed E-state index contributed by atoms with van der Waals surface area (Å²) in [5.74, 6) is 1.22. The molecule has 0 atom stereocenters. The summed E-state index contributed by atoms with van der Waals surface area (Å²) < 4.78 is 10.5. The summed E-state index contributed by atoms with van der Waals surface area (Å²) in [7, 11) is 0. The molecule has 0 aliphatic heterocycles. The second kappa shape index (κ2) is 9.68. The van der Waals surface area contributed by atoms with Gasteiger partial charge in [-0.3, -0.25) is 0 Å². The highest BCUT2D eigenvalue weighted by atomic mass is 35.5. The third kappa shape index (κ3) is 6.48. The summed E-state index contributed by atoms with van der Waals surface area (Å²) >= 11 is 5.60. The molecule has 0 bridgehead atoms. The minimum atomic E-state index is -0.296. The average Bonchev–Trinajstić information content (AvgIpc) is 2.43. The van der Waals surface area contributed by atoms with Crippen LogP contribution in [0.5, 0.6) is 5.75 Å². The molecular formula is C15H21ClO3. The van der Waals surface area contributed by atoms with E-state index in [0.29, 0.717) is 18.8 Å². The standard InChI is InChI=1S/C15H21ClO3/c1-2-18-15(17)13-7-9-14(10-8-13)19-12-6-4-3-5-11-16/h7-10H,2-6,11-12H2,1H3. The molecule has 0 radical (unpaired) electrons. The smallest absolute Gasteiger partial charge is 0.338 e. The molecule has 0 fully saturated rings. The Kier molecular flexibility index (Phi) is 8.07. The topological polar surface area (TPSA) is 35.5 Å². The van der Waals surface area contributed by atoms with Gasteiger partial charge in [0.05, 0.1) is 18.8 Å². The van der Waals surface area contributed by atoms with Gasteiger partial charge in [0.25, 0.3) is 0 Å². The van der Waals surface area contributed by atoms with Gasteiger partial charge in [-0.25, -0.2) is 4.79 Å². The molecule has 0 N–H and O–H groups in total. The molecule has 0 saturated heterocycles. The lowest BCUT2D eigenvalue weighted by molar-refractivity contribution is 0.0526. The molecule has 1 rings (SSSR count). The molecule has 1 aromatic carbocycles. The molecule has 0 spiro atoms. The summed E-state index contributed by atoms with van der Waals surface area (Å²) in [6.45, 7) is 2.88. The van der Waals surface area contributed by atoms with Crippen molar-refractivity contribution in [3.63, 3.8) is 0 Å². The number of ether oxygens (including phenoxy) is 2. The number of hydrogen-bond donors (Lipinski definition) is 0. The van der Waals surface area contributed by atoms with E-state index in [-0.39, 0.29) is 5.97 Å². The lowest BCUT2D eigenvalue weighted by Crippen LogP contribution is -2.04. The zero-order valence-corrected chi connectivity index (χ0v) is 12.1. The first kappa shape index (κ1) is 15.8. The van der Waals surface area contributed by atoms with Gasteiger partial charge in [-0.05, 0) is 44.0 Å². The Morgan fingerprint density at radius 1 is 1.11 bits per heavy atom. The normalized spacial score (nSPS) is 10.2. The Morgan fingerprint density at radius 3 is 2.42 bits per heavy atom. The number of esters is 1. The quantitative estimate of drug-likeness (QED) is 0.390. The van der Waals surface area contributed by atoms with E-state index in [1.165, 1.54) is 0 Å². The van der Waals surface area contributed by atoms with Crippen molar-refractivity contribution < 1.29 is 14.3 Å². The van der Waals surface area contributed by atoms with Crippen molar-refractivity contribution in [2.24, 2.45) is 0 Å². The summed E-state index contributed by atoms with van der Waals surface area (Å²) in [5.41, 5.74) is 0.552. The molecule has 0 unspecified atom stereocenters. The van der Waals surface area contributed by atoms with Crippen molar-refractivity contribution in [1.82, 2.24) is 0 Å². The third-order valence-electron chi connectivity index (χ3n) is 2.66. The van der Waals surface area contributed by atoms with Gasteiger partial charge < -0.3 is 9.47 Å². The fourth-order valence-corrected chi connectivity index (χ4v) is 1.83. The van der Waals surface area contributed by atoms with Crippen LogP contribution in [-0.2, 0) is 4.74 Å². The Hall–Kier alpha value is -1.22. The maximum Gasteiger partial charge on any atom is 0.338 e. The lowest BCUT2D eigenvalue weighted by Gasteiger charge is -2.07. The monoisotopic (exact) mass is 284 g/mol. The summed E-state index contributed by atoms with van der Waals surface area (Å²) in [6, 6.07) is 7.04. The van der Waals surface area contributed by atoms with Crippen molar-refractivity contribution in [2.75, 3.05) is 19.1 Å².